The second-order valence-corrected chi connectivity index (χ2v) is 4.54. The summed E-state index contributed by atoms with van der Waals surface area (Å²) in [6.45, 7) is 7.15. The molecular formula is C15H17N3. The molecular weight excluding hydrogens is 222 g/mol. The van der Waals surface area contributed by atoms with Crippen LogP contribution in [0.3, 0.4) is 0 Å². The molecule has 0 amide bonds. The van der Waals surface area contributed by atoms with Gasteiger partial charge in [0, 0.05) is 18.0 Å². The van der Waals surface area contributed by atoms with Crippen LogP contribution in [0, 0.1) is 11.3 Å². The van der Waals surface area contributed by atoms with E-state index in [0.29, 0.717) is 11.6 Å². The first-order valence-corrected chi connectivity index (χ1v) is 6.24. The lowest BCUT2D eigenvalue weighted by Crippen LogP contribution is -2.31. The minimum absolute atomic E-state index is 0.329. The predicted octanol–water partition coefficient (Wildman–Crippen LogP) is 3.34. The molecule has 0 atom stereocenters. The van der Waals surface area contributed by atoms with E-state index < -0.39 is 0 Å². The van der Waals surface area contributed by atoms with Gasteiger partial charge >= 0.3 is 0 Å². The van der Waals surface area contributed by atoms with Gasteiger partial charge in [-0.3, -0.25) is 0 Å². The van der Waals surface area contributed by atoms with Gasteiger partial charge in [0.1, 0.15) is 11.9 Å². The minimum atomic E-state index is 0.329. The fraction of sp³-hybridized carbons (Fsp3) is 0.333. The normalized spacial score (nSPS) is 10.6. The zero-order chi connectivity index (χ0) is 13.1. The van der Waals surface area contributed by atoms with Gasteiger partial charge in [-0.05, 0) is 32.9 Å². The van der Waals surface area contributed by atoms with Gasteiger partial charge in [-0.25, -0.2) is 4.98 Å². The van der Waals surface area contributed by atoms with Crippen molar-refractivity contribution in [2.24, 2.45) is 0 Å². The zero-order valence-corrected chi connectivity index (χ0v) is 11.0. The van der Waals surface area contributed by atoms with Crippen LogP contribution in [0.2, 0.25) is 0 Å². The van der Waals surface area contributed by atoms with Crippen LogP contribution < -0.4 is 4.90 Å². The van der Waals surface area contributed by atoms with E-state index in [0.717, 1.165) is 23.3 Å². The third kappa shape index (κ3) is 2.14. The molecule has 0 unspecified atom stereocenters. The molecule has 3 nitrogen and oxygen atoms in total. The van der Waals surface area contributed by atoms with E-state index in [-0.39, 0.29) is 0 Å². The van der Waals surface area contributed by atoms with Crippen molar-refractivity contribution in [1.82, 2.24) is 4.98 Å². The average Bonchev–Trinajstić information content (AvgIpc) is 2.38. The van der Waals surface area contributed by atoms with Crippen molar-refractivity contribution in [1.29, 1.82) is 5.26 Å². The highest BCUT2D eigenvalue weighted by atomic mass is 15.2. The van der Waals surface area contributed by atoms with Gasteiger partial charge < -0.3 is 4.90 Å². The SMILES string of the molecule is CCN(c1nc2ccccc2cc1C#N)C(C)C. The number of para-hydroxylation sites is 1. The van der Waals surface area contributed by atoms with Crippen LogP contribution in [0.15, 0.2) is 30.3 Å². The Morgan fingerprint density at radius 2 is 2.06 bits per heavy atom. The number of nitriles is 1. The Labute approximate surface area is 108 Å². The highest BCUT2D eigenvalue weighted by molar-refractivity contribution is 5.83. The number of nitrogens with zero attached hydrogens (tertiary/aromatic N) is 3. The van der Waals surface area contributed by atoms with Gasteiger partial charge in [-0.15, -0.1) is 0 Å². The van der Waals surface area contributed by atoms with Gasteiger partial charge in [0.05, 0.1) is 11.1 Å². The third-order valence-corrected chi connectivity index (χ3v) is 3.06. The summed E-state index contributed by atoms with van der Waals surface area (Å²) in [5.41, 5.74) is 1.58. The molecule has 0 N–H and O–H groups in total. The van der Waals surface area contributed by atoms with E-state index in [1.165, 1.54) is 0 Å². The van der Waals surface area contributed by atoms with E-state index in [2.05, 4.69) is 36.7 Å². The van der Waals surface area contributed by atoms with Crippen molar-refractivity contribution in [3.8, 4) is 6.07 Å². The molecule has 0 saturated heterocycles. The summed E-state index contributed by atoms with van der Waals surface area (Å²) in [5.74, 6) is 0.786. The summed E-state index contributed by atoms with van der Waals surface area (Å²) in [6, 6.07) is 12.4. The number of rotatable bonds is 3. The summed E-state index contributed by atoms with van der Waals surface area (Å²) in [6.07, 6.45) is 0. The fourth-order valence-corrected chi connectivity index (χ4v) is 2.17. The molecule has 0 fully saturated rings. The highest BCUT2D eigenvalue weighted by Gasteiger charge is 2.15. The maximum Gasteiger partial charge on any atom is 0.147 e. The molecule has 1 aromatic heterocycles. The number of hydrogen-bond donors (Lipinski definition) is 0. The van der Waals surface area contributed by atoms with Gasteiger partial charge in [-0.2, -0.15) is 5.26 Å². The van der Waals surface area contributed by atoms with Crippen molar-refractivity contribution >= 4 is 16.7 Å². The van der Waals surface area contributed by atoms with Crippen molar-refractivity contribution < 1.29 is 0 Å². The van der Waals surface area contributed by atoms with Gasteiger partial charge in [0.25, 0.3) is 0 Å². The van der Waals surface area contributed by atoms with Crippen LogP contribution in [0.5, 0.6) is 0 Å². The second kappa shape index (κ2) is 5.05. The van der Waals surface area contributed by atoms with Gasteiger partial charge in [0.15, 0.2) is 0 Å². The Morgan fingerprint density at radius 1 is 1.33 bits per heavy atom. The Balaban J connectivity index is 2.65. The van der Waals surface area contributed by atoms with Crippen molar-refractivity contribution in [3.63, 3.8) is 0 Å². The molecule has 0 aliphatic carbocycles. The average molecular weight is 239 g/mol. The number of anilines is 1. The molecule has 0 bridgehead atoms. The summed E-state index contributed by atoms with van der Waals surface area (Å²) in [4.78, 5) is 6.79. The molecule has 0 radical (unpaired) electrons. The molecule has 2 rings (SSSR count). The maximum absolute atomic E-state index is 9.29. The molecule has 0 saturated carbocycles. The van der Waals surface area contributed by atoms with E-state index in [9.17, 15) is 5.26 Å². The predicted molar refractivity (Wildman–Crippen MR) is 74.6 cm³/mol. The van der Waals surface area contributed by atoms with E-state index in [4.69, 9.17) is 0 Å². The Kier molecular flexibility index (Phi) is 3.47. The molecule has 1 heterocycles. The van der Waals surface area contributed by atoms with Crippen LogP contribution in [-0.2, 0) is 0 Å². The summed E-state index contributed by atoms with van der Waals surface area (Å²) in [5, 5.41) is 10.3. The molecule has 18 heavy (non-hydrogen) atoms. The van der Waals surface area contributed by atoms with Crippen LogP contribution in [-0.4, -0.2) is 17.6 Å². The molecule has 0 aliphatic rings. The molecule has 3 heteroatoms. The van der Waals surface area contributed by atoms with Gasteiger partial charge in [0.2, 0.25) is 0 Å². The molecule has 92 valence electrons. The van der Waals surface area contributed by atoms with Crippen LogP contribution in [0.1, 0.15) is 26.3 Å². The van der Waals surface area contributed by atoms with Crippen LogP contribution in [0.25, 0.3) is 10.9 Å². The standard InChI is InChI=1S/C15H17N3/c1-4-18(11(2)3)15-13(10-16)9-12-7-5-6-8-14(12)17-15/h5-9,11H,4H2,1-3H3. The highest BCUT2D eigenvalue weighted by Crippen LogP contribution is 2.24. The number of hydrogen-bond acceptors (Lipinski definition) is 3. The molecule has 0 spiro atoms. The first-order valence-electron chi connectivity index (χ1n) is 6.24. The number of aromatic nitrogens is 1. The second-order valence-electron chi connectivity index (χ2n) is 4.54. The van der Waals surface area contributed by atoms with Crippen molar-refractivity contribution in [3.05, 3.63) is 35.9 Å². The Hall–Kier alpha value is -2.08. The number of benzene rings is 1. The minimum Gasteiger partial charge on any atom is -0.353 e. The molecule has 0 aliphatic heterocycles. The number of pyridine rings is 1. The monoisotopic (exact) mass is 239 g/mol. The van der Waals surface area contributed by atoms with E-state index >= 15 is 0 Å². The van der Waals surface area contributed by atoms with Crippen LogP contribution >= 0.6 is 0 Å². The quantitative estimate of drug-likeness (QED) is 0.824. The first-order chi connectivity index (χ1) is 8.67. The lowest BCUT2D eigenvalue weighted by molar-refractivity contribution is 0.694. The third-order valence-electron chi connectivity index (χ3n) is 3.06. The van der Waals surface area contributed by atoms with Crippen molar-refractivity contribution in [2.75, 3.05) is 11.4 Å². The summed E-state index contributed by atoms with van der Waals surface area (Å²) < 4.78 is 0. The topological polar surface area (TPSA) is 39.9 Å². The Bertz CT molecular complexity index is 596. The zero-order valence-electron chi connectivity index (χ0n) is 11.0. The van der Waals surface area contributed by atoms with Gasteiger partial charge in [-0.1, -0.05) is 18.2 Å². The molecule has 2 aromatic rings. The first kappa shape index (κ1) is 12.4. The van der Waals surface area contributed by atoms with Crippen LogP contribution in [0.4, 0.5) is 5.82 Å². The smallest absolute Gasteiger partial charge is 0.147 e. The van der Waals surface area contributed by atoms with E-state index in [1.54, 1.807) is 0 Å². The lowest BCUT2D eigenvalue weighted by atomic mass is 10.1. The summed E-state index contributed by atoms with van der Waals surface area (Å²) in [7, 11) is 0. The van der Waals surface area contributed by atoms with E-state index in [1.807, 2.05) is 30.3 Å². The summed E-state index contributed by atoms with van der Waals surface area (Å²) >= 11 is 0. The maximum atomic E-state index is 9.29. The largest absolute Gasteiger partial charge is 0.353 e. The lowest BCUT2D eigenvalue weighted by Gasteiger charge is -2.27. The molecule has 1 aromatic carbocycles. The number of fused-ring (bicyclic) bond motifs is 1. The fourth-order valence-electron chi connectivity index (χ4n) is 2.17. The Morgan fingerprint density at radius 3 is 2.67 bits per heavy atom. The van der Waals surface area contributed by atoms with Crippen molar-refractivity contribution in [2.45, 2.75) is 26.8 Å².